The molecule has 1 aromatic rings. The van der Waals surface area contributed by atoms with Gasteiger partial charge < -0.3 is 14.5 Å². The standard InChI is InChI=1S/C21H26F2N4O2/c1-5-10-24-20(27-13-11-26(12-14-27)19(28)6-2)16(4)29-17-8-9-18(25-15-17)21(22,23)7-3/h5-6,8-10,15H,2,4,7,11-14H2,1,3H3/b10-5-,24-20?. The van der Waals surface area contributed by atoms with Crippen molar-refractivity contribution in [3.05, 3.63) is 61.3 Å². The van der Waals surface area contributed by atoms with E-state index in [2.05, 4.69) is 23.1 Å². The van der Waals surface area contributed by atoms with Crippen molar-refractivity contribution in [3.63, 3.8) is 0 Å². The summed E-state index contributed by atoms with van der Waals surface area (Å²) in [4.78, 5) is 23.6. The number of amides is 1. The van der Waals surface area contributed by atoms with Crippen LogP contribution in [0.3, 0.4) is 0 Å². The zero-order valence-corrected chi connectivity index (χ0v) is 16.8. The molecule has 0 bridgehead atoms. The first kappa shape index (κ1) is 22.3. The number of aliphatic imine (C=N–C) groups is 1. The van der Waals surface area contributed by atoms with Crippen molar-refractivity contribution >= 4 is 11.7 Å². The number of aromatic nitrogens is 1. The van der Waals surface area contributed by atoms with Crippen molar-refractivity contribution < 1.29 is 18.3 Å². The Morgan fingerprint density at radius 1 is 1.31 bits per heavy atom. The van der Waals surface area contributed by atoms with Crippen LogP contribution in [-0.4, -0.2) is 52.7 Å². The molecular formula is C21H26F2N4O2. The van der Waals surface area contributed by atoms with Gasteiger partial charge in [-0.25, -0.2) is 4.99 Å². The second-order valence-electron chi connectivity index (χ2n) is 6.41. The number of nitrogens with zero attached hydrogens (tertiary/aromatic N) is 4. The maximum atomic E-state index is 13.7. The third-order valence-corrected chi connectivity index (χ3v) is 4.46. The van der Waals surface area contributed by atoms with Crippen molar-refractivity contribution in [1.29, 1.82) is 0 Å². The fourth-order valence-electron chi connectivity index (χ4n) is 2.77. The molecule has 1 aromatic heterocycles. The molecule has 2 heterocycles. The largest absolute Gasteiger partial charge is 0.452 e. The van der Waals surface area contributed by atoms with Crippen molar-refractivity contribution in [2.45, 2.75) is 26.2 Å². The summed E-state index contributed by atoms with van der Waals surface area (Å²) >= 11 is 0. The molecule has 0 aromatic carbocycles. The van der Waals surface area contributed by atoms with Gasteiger partial charge in [0.05, 0.1) is 6.20 Å². The molecule has 1 fully saturated rings. The monoisotopic (exact) mass is 404 g/mol. The van der Waals surface area contributed by atoms with Crippen LogP contribution < -0.4 is 4.74 Å². The van der Waals surface area contributed by atoms with E-state index in [0.717, 1.165) is 0 Å². The second kappa shape index (κ2) is 9.95. The van der Waals surface area contributed by atoms with Gasteiger partial charge >= 0.3 is 0 Å². The van der Waals surface area contributed by atoms with Crippen LogP contribution in [0.1, 0.15) is 26.0 Å². The summed E-state index contributed by atoms with van der Waals surface area (Å²) in [6, 6.07) is 2.68. The average Bonchev–Trinajstić information content (AvgIpc) is 2.74. The summed E-state index contributed by atoms with van der Waals surface area (Å²) in [7, 11) is 0. The zero-order chi connectivity index (χ0) is 21.4. The number of carbonyl (C=O) groups excluding carboxylic acids is 1. The van der Waals surface area contributed by atoms with E-state index in [9.17, 15) is 13.6 Å². The van der Waals surface area contributed by atoms with Crippen LogP contribution in [0.15, 0.2) is 60.6 Å². The van der Waals surface area contributed by atoms with Crippen molar-refractivity contribution in [3.8, 4) is 5.75 Å². The van der Waals surface area contributed by atoms with E-state index in [1.165, 1.54) is 31.3 Å². The van der Waals surface area contributed by atoms with Crippen LogP contribution in [0.4, 0.5) is 8.78 Å². The van der Waals surface area contributed by atoms with Crippen molar-refractivity contribution in [1.82, 2.24) is 14.8 Å². The molecule has 0 unspecified atom stereocenters. The van der Waals surface area contributed by atoms with E-state index >= 15 is 0 Å². The predicted molar refractivity (Wildman–Crippen MR) is 109 cm³/mol. The van der Waals surface area contributed by atoms with E-state index < -0.39 is 5.92 Å². The van der Waals surface area contributed by atoms with Gasteiger partial charge in [-0.05, 0) is 25.1 Å². The van der Waals surface area contributed by atoms with Gasteiger partial charge in [0.1, 0.15) is 11.4 Å². The number of rotatable bonds is 7. The van der Waals surface area contributed by atoms with E-state index in [1.54, 1.807) is 17.2 Å². The van der Waals surface area contributed by atoms with Crippen LogP contribution in [0.5, 0.6) is 5.75 Å². The number of piperazine rings is 1. The minimum absolute atomic E-state index is 0.110. The normalized spacial score (nSPS) is 15.5. The molecule has 8 heteroatoms. The highest BCUT2D eigenvalue weighted by Gasteiger charge is 2.30. The molecule has 0 N–H and O–H groups in total. The first-order chi connectivity index (χ1) is 13.8. The number of ether oxygens (including phenoxy) is 1. The van der Waals surface area contributed by atoms with Crippen LogP contribution >= 0.6 is 0 Å². The van der Waals surface area contributed by atoms with E-state index in [-0.39, 0.29) is 23.8 Å². The molecule has 1 saturated heterocycles. The lowest BCUT2D eigenvalue weighted by Crippen LogP contribution is -2.50. The molecule has 2 rings (SSSR count). The average molecular weight is 404 g/mol. The topological polar surface area (TPSA) is 58.0 Å². The highest BCUT2D eigenvalue weighted by molar-refractivity contribution is 5.97. The lowest BCUT2D eigenvalue weighted by Gasteiger charge is -2.36. The van der Waals surface area contributed by atoms with Crippen LogP contribution in [0.2, 0.25) is 0 Å². The van der Waals surface area contributed by atoms with Crippen LogP contribution in [-0.2, 0) is 10.7 Å². The fraction of sp³-hybridized carbons (Fsp3) is 0.381. The molecule has 1 aliphatic heterocycles. The molecule has 0 saturated carbocycles. The molecule has 156 valence electrons. The number of pyridine rings is 1. The van der Waals surface area contributed by atoms with Crippen molar-refractivity contribution in [2.75, 3.05) is 26.2 Å². The summed E-state index contributed by atoms with van der Waals surface area (Å²) in [6.07, 6.45) is 5.61. The van der Waals surface area contributed by atoms with Gasteiger partial charge in [0.25, 0.3) is 5.92 Å². The van der Waals surface area contributed by atoms with Gasteiger partial charge in [-0.1, -0.05) is 26.2 Å². The number of alkyl halides is 2. The minimum atomic E-state index is -2.98. The summed E-state index contributed by atoms with van der Waals surface area (Å²) < 4.78 is 33.1. The Labute approximate surface area is 169 Å². The highest BCUT2D eigenvalue weighted by atomic mass is 19.3. The molecule has 0 radical (unpaired) electrons. The summed E-state index contributed by atoms with van der Waals surface area (Å²) in [5.74, 6) is -2.02. The third-order valence-electron chi connectivity index (χ3n) is 4.46. The summed E-state index contributed by atoms with van der Waals surface area (Å²) in [6.45, 7) is 12.8. The predicted octanol–water partition coefficient (Wildman–Crippen LogP) is 3.74. The quantitative estimate of drug-likeness (QED) is 0.301. The van der Waals surface area contributed by atoms with E-state index in [0.29, 0.717) is 37.8 Å². The first-order valence-corrected chi connectivity index (χ1v) is 9.39. The Bertz CT molecular complexity index is 795. The minimum Gasteiger partial charge on any atom is -0.452 e. The Kier molecular flexibility index (Phi) is 7.64. The van der Waals surface area contributed by atoms with Crippen LogP contribution in [0, 0.1) is 0 Å². The van der Waals surface area contributed by atoms with Crippen LogP contribution in [0.25, 0.3) is 0 Å². The molecule has 0 atom stereocenters. The number of halogens is 2. The Morgan fingerprint density at radius 3 is 2.48 bits per heavy atom. The lowest BCUT2D eigenvalue weighted by molar-refractivity contribution is -0.127. The van der Waals surface area contributed by atoms with Gasteiger partial charge in [-0.2, -0.15) is 8.78 Å². The first-order valence-electron chi connectivity index (χ1n) is 9.39. The smallest absolute Gasteiger partial charge is 0.289 e. The number of carbonyl (C=O) groups is 1. The zero-order valence-electron chi connectivity index (χ0n) is 16.8. The SMILES string of the molecule is C=CC(=O)N1CCN(C(=N/C=C\C)C(=C)Oc2ccc(C(F)(F)CC)nc2)CC1. The maximum Gasteiger partial charge on any atom is 0.289 e. The van der Waals surface area contributed by atoms with Crippen molar-refractivity contribution in [2.24, 2.45) is 4.99 Å². The number of hydrogen-bond donors (Lipinski definition) is 0. The Morgan fingerprint density at radius 2 is 1.97 bits per heavy atom. The van der Waals surface area contributed by atoms with Gasteiger partial charge in [0.2, 0.25) is 5.91 Å². The van der Waals surface area contributed by atoms with Gasteiger partial charge in [0.15, 0.2) is 11.6 Å². The molecule has 0 aliphatic carbocycles. The number of allylic oxidation sites excluding steroid dienone is 1. The molecule has 6 nitrogen and oxygen atoms in total. The van der Waals surface area contributed by atoms with Gasteiger partial charge in [-0.15, -0.1) is 0 Å². The molecule has 0 spiro atoms. The molecule has 29 heavy (non-hydrogen) atoms. The number of hydrogen-bond acceptors (Lipinski definition) is 4. The molecular weight excluding hydrogens is 378 g/mol. The Hall–Kier alpha value is -3.03. The van der Waals surface area contributed by atoms with Gasteiger partial charge in [-0.3, -0.25) is 9.78 Å². The lowest BCUT2D eigenvalue weighted by atomic mass is 10.1. The highest BCUT2D eigenvalue weighted by Crippen LogP contribution is 2.30. The fourth-order valence-corrected chi connectivity index (χ4v) is 2.77. The number of amidine groups is 1. The maximum absolute atomic E-state index is 13.7. The third kappa shape index (κ3) is 5.73. The summed E-state index contributed by atoms with van der Waals surface area (Å²) in [5, 5.41) is 0. The molecule has 1 aliphatic rings. The second-order valence-corrected chi connectivity index (χ2v) is 6.41. The molecule has 1 amide bonds. The summed E-state index contributed by atoms with van der Waals surface area (Å²) in [5.41, 5.74) is -0.302. The van der Waals surface area contributed by atoms with E-state index in [1.807, 2.05) is 11.8 Å². The van der Waals surface area contributed by atoms with Gasteiger partial charge in [0, 0.05) is 38.8 Å². The van der Waals surface area contributed by atoms with E-state index in [4.69, 9.17) is 4.74 Å². The Balaban J connectivity index is 2.10.